The lowest BCUT2D eigenvalue weighted by Crippen LogP contribution is -2.03. The van der Waals surface area contributed by atoms with Crippen LogP contribution < -0.4 is 10.5 Å². The van der Waals surface area contributed by atoms with Crippen molar-refractivity contribution >= 4 is 0 Å². The third kappa shape index (κ3) is 2.90. The molecule has 0 amide bonds. The predicted molar refractivity (Wildman–Crippen MR) is 71.6 cm³/mol. The van der Waals surface area contributed by atoms with E-state index in [0.29, 0.717) is 13.2 Å². The van der Waals surface area contributed by atoms with Crippen LogP contribution in [0.4, 0.5) is 0 Å². The summed E-state index contributed by atoms with van der Waals surface area (Å²) in [4.78, 5) is 0. The lowest BCUT2D eigenvalue weighted by Gasteiger charge is -2.07. The predicted octanol–water partition coefficient (Wildman–Crippen LogP) is 2.10. The number of ether oxygens (including phenoxy) is 1. The highest BCUT2D eigenvalue weighted by molar-refractivity contribution is 5.31. The molecule has 0 saturated heterocycles. The Kier molecular flexibility index (Phi) is 3.99. The monoisotopic (exact) mass is 245 g/mol. The van der Waals surface area contributed by atoms with Gasteiger partial charge < -0.3 is 10.5 Å². The maximum Gasteiger partial charge on any atom is 0.157 e. The summed E-state index contributed by atoms with van der Waals surface area (Å²) in [5, 5.41) is 4.28. The minimum atomic E-state index is 0.581. The van der Waals surface area contributed by atoms with Crippen molar-refractivity contribution in [1.29, 1.82) is 0 Å². The number of nitrogens with zero attached hydrogens (tertiary/aromatic N) is 2. The number of nitrogens with two attached hydrogens (primary N) is 1. The third-order valence-electron chi connectivity index (χ3n) is 2.90. The Morgan fingerprint density at radius 2 is 2.22 bits per heavy atom. The summed E-state index contributed by atoms with van der Waals surface area (Å²) >= 11 is 0. The molecule has 1 aromatic carbocycles. The number of hydrogen-bond donors (Lipinski definition) is 1. The van der Waals surface area contributed by atoms with Gasteiger partial charge in [-0.05, 0) is 30.5 Å². The molecule has 18 heavy (non-hydrogen) atoms. The normalized spacial score (nSPS) is 10.6. The molecule has 0 unspecified atom stereocenters. The first-order valence-corrected chi connectivity index (χ1v) is 6.16. The molecule has 4 heteroatoms. The first kappa shape index (κ1) is 12.6. The van der Waals surface area contributed by atoms with Gasteiger partial charge in [0.2, 0.25) is 0 Å². The molecule has 0 atom stereocenters. The fourth-order valence-corrected chi connectivity index (χ4v) is 1.91. The molecule has 0 radical (unpaired) electrons. The molecule has 1 aromatic heterocycles. The number of hydrogen-bond acceptors (Lipinski definition) is 3. The van der Waals surface area contributed by atoms with Crippen molar-refractivity contribution in [2.24, 2.45) is 5.73 Å². The zero-order valence-corrected chi connectivity index (χ0v) is 10.9. The van der Waals surface area contributed by atoms with E-state index in [4.69, 9.17) is 10.5 Å². The molecule has 0 saturated carbocycles. The van der Waals surface area contributed by atoms with Gasteiger partial charge in [-0.15, -0.1) is 0 Å². The minimum Gasteiger partial charge on any atom is -0.491 e. The van der Waals surface area contributed by atoms with Gasteiger partial charge in [-0.3, -0.25) is 4.68 Å². The smallest absolute Gasteiger partial charge is 0.157 e. The molecule has 0 fully saturated rings. The topological polar surface area (TPSA) is 53.1 Å². The van der Waals surface area contributed by atoms with Crippen LogP contribution in [-0.2, 0) is 13.1 Å². The van der Waals surface area contributed by atoms with Crippen LogP contribution in [0.25, 0.3) is 0 Å². The summed E-state index contributed by atoms with van der Waals surface area (Å²) in [6.45, 7) is 6.06. The molecule has 2 rings (SSSR count). The lowest BCUT2D eigenvalue weighted by atomic mass is 10.1. The first-order valence-electron chi connectivity index (χ1n) is 6.16. The third-order valence-corrected chi connectivity index (χ3v) is 2.90. The van der Waals surface area contributed by atoms with E-state index >= 15 is 0 Å². The molecule has 4 nitrogen and oxygen atoms in total. The maximum absolute atomic E-state index is 5.62. The fourth-order valence-electron chi connectivity index (χ4n) is 1.91. The van der Waals surface area contributed by atoms with E-state index in [1.54, 1.807) is 6.20 Å². The Labute approximate surface area is 107 Å². The van der Waals surface area contributed by atoms with Crippen molar-refractivity contribution in [1.82, 2.24) is 9.78 Å². The van der Waals surface area contributed by atoms with Crippen molar-refractivity contribution in [2.45, 2.75) is 26.9 Å². The highest BCUT2D eigenvalue weighted by Crippen LogP contribution is 2.14. The van der Waals surface area contributed by atoms with Gasteiger partial charge in [0.15, 0.2) is 5.75 Å². The van der Waals surface area contributed by atoms with Crippen molar-refractivity contribution in [3.63, 3.8) is 0 Å². The summed E-state index contributed by atoms with van der Waals surface area (Å²) in [6, 6.07) is 6.30. The van der Waals surface area contributed by atoms with Crippen LogP contribution in [0.3, 0.4) is 0 Å². The average molecular weight is 245 g/mol. The number of benzene rings is 1. The van der Waals surface area contributed by atoms with Gasteiger partial charge in [-0.2, -0.15) is 5.10 Å². The van der Waals surface area contributed by atoms with E-state index in [0.717, 1.165) is 17.9 Å². The average Bonchev–Trinajstić information content (AvgIpc) is 2.80. The molecule has 0 aliphatic carbocycles. The number of aryl methyl sites for hydroxylation is 1. The fraction of sp³-hybridized carbons (Fsp3) is 0.357. The first-order chi connectivity index (χ1) is 8.72. The van der Waals surface area contributed by atoms with Crippen molar-refractivity contribution in [2.75, 3.05) is 6.61 Å². The molecule has 2 N–H and O–H groups in total. The zero-order valence-electron chi connectivity index (χ0n) is 10.9. The van der Waals surface area contributed by atoms with Gasteiger partial charge in [0, 0.05) is 6.54 Å². The van der Waals surface area contributed by atoms with Crippen LogP contribution >= 0.6 is 0 Å². The van der Waals surface area contributed by atoms with Crippen molar-refractivity contribution in [3.05, 3.63) is 47.3 Å². The molecule has 0 bridgehead atoms. The van der Waals surface area contributed by atoms with E-state index in [9.17, 15) is 0 Å². The second-order valence-electron chi connectivity index (χ2n) is 4.27. The second-order valence-corrected chi connectivity index (χ2v) is 4.27. The molecular formula is C14H19N3O. The zero-order chi connectivity index (χ0) is 13.0. The van der Waals surface area contributed by atoms with Gasteiger partial charge in [0.1, 0.15) is 0 Å². The van der Waals surface area contributed by atoms with E-state index in [1.807, 2.05) is 17.8 Å². The van der Waals surface area contributed by atoms with E-state index < -0.39 is 0 Å². The number of rotatable bonds is 5. The largest absolute Gasteiger partial charge is 0.491 e. The molecule has 0 aliphatic rings. The van der Waals surface area contributed by atoms with Gasteiger partial charge in [-0.1, -0.05) is 18.2 Å². The van der Waals surface area contributed by atoms with Crippen LogP contribution in [0.1, 0.15) is 23.6 Å². The molecule has 0 aliphatic heterocycles. The van der Waals surface area contributed by atoms with Crippen molar-refractivity contribution < 1.29 is 4.74 Å². The highest BCUT2D eigenvalue weighted by Gasteiger charge is 2.03. The van der Waals surface area contributed by atoms with Crippen LogP contribution in [0.15, 0.2) is 30.6 Å². The second kappa shape index (κ2) is 5.69. The van der Waals surface area contributed by atoms with Crippen LogP contribution in [0.2, 0.25) is 0 Å². The quantitative estimate of drug-likeness (QED) is 0.877. The van der Waals surface area contributed by atoms with Gasteiger partial charge in [-0.25, -0.2) is 0 Å². The Hall–Kier alpha value is -1.81. The van der Waals surface area contributed by atoms with Crippen LogP contribution in [-0.4, -0.2) is 16.4 Å². The standard InChI is InChI=1S/C14H19N3O/c1-3-18-14-8-16-17(10-14)9-13-5-4-12(7-15)6-11(13)2/h4-6,8,10H,3,7,9,15H2,1-2H3. The molecule has 2 aromatic rings. The van der Waals surface area contributed by atoms with Crippen LogP contribution in [0.5, 0.6) is 5.75 Å². The highest BCUT2D eigenvalue weighted by atomic mass is 16.5. The summed E-state index contributed by atoms with van der Waals surface area (Å²) in [5.41, 5.74) is 9.27. The molecular weight excluding hydrogens is 226 g/mol. The Bertz CT molecular complexity index is 520. The van der Waals surface area contributed by atoms with E-state index in [1.165, 1.54) is 11.1 Å². The summed E-state index contributed by atoms with van der Waals surface area (Å²) in [7, 11) is 0. The molecule has 96 valence electrons. The van der Waals surface area contributed by atoms with E-state index in [2.05, 4.69) is 30.2 Å². The van der Waals surface area contributed by atoms with Gasteiger partial charge in [0.25, 0.3) is 0 Å². The van der Waals surface area contributed by atoms with Gasteiger partial charge in [0.05, 0.1) is 25.5 Å². The SMILES string of the molecule is CCOc1cnn(Cc2ccc(CN)cc2C)c1. The molecule has 0 spiro atoms. The minimum absolute atomic E-state index is 0.581. The summed E-state index contributed by atoms with van der Waals surface area (Å²) in [6.07, 6.45) is 3.66. The lowest BCUT2D eigenvalue weighted by molar-refractivity contribution is 0.340. The summed E-state index contributed by atoms with van der Waals surface area (Å²) in [5.74, 6) is 0.814. The van der Waals surface area contributed by atoms with Crippen molar-refractivity contribution in [3.8, 4) is 5.75 Å². The number of aromatic nitrogens is 2. The Morgan fingerprint density at radius 3 is 2.89 bits per heavy atom. The van der Waals surface area contributed by atoms with Crippen LogP contribution in [0, 0.1) is 6.92 Å². The van der Waals surface area contributed by atoms with Gasteiger partial charge >= 0.3 is 0 Å². The van der Waals surface area contributed by atoms with E-state index in [-0.39, 0.29) is 0 Å². The Balaban J connectivity index is 2.12. The Morgan fingerprint density at radius 1 is 1.39 bits per heavy atom. The summed E-state index contributed by atoms with van der Waals surface area (Å²) < 4.78 is 7.28. The molecule has 1 heterocycles. The maximum atomic E-state index is 5.62.